The Balaban J connectivity index is 1.83. The van der Waals surface area contributed by atoms with E-state index in [9.17, 15) is 8.78 Å². The predicted octanol–water partition coefficient (Wildman–Crippen LogP) is 4.69. The summed E-state index contributed by atoms with van der Waals surface area (Å²) in [7, 11) is 0. The Kier molecular flexibility index (Phi) is 4.48. The van der Waals surface area contributed by atoms with Crippen molar-refractivity contribution in [3.05, 3.63) is 76.9 Å². The first kappa shape index (κ1) is 15.4. The lowest BCUT2D eigenvalue weighted by Crippen LogP contribution is -2.04. The van der Waals surface area contributed by atoms with Crippen molar-refractivity contribution in [1.29, 1.82) is 0 Å². The van der Waals surface area contributed by atoms with Crippen LogP contribution in [0.25, 0.3) is 11.4 Å². The van der Waals surface area contributed by atoms with Gasteiger partial charge in [0.25, 0.3) is 0 Å². The summed E-state index contributed by atoms with van der Waals surface area (Å²) in [5.74, 6) is 0.203. The van der Waals surface area contributed by atoms with Crippen LogP contribution in [-0.4, -0.2) is 9.97 Å². The van der Waals surface area contributed by atoms with E-state index in [0.29, 0.717) is 22.8 Å². The zero-order chi connectivity index (χ0) is 16.2. The molecule has 0 saturated carbocycles. The van der Waals surface area contributed by atoms with Gasteiger partial charge >= 0.3 is 0 Å². The predicted molar refractivity (Wildman–Crippen MR) is 86.2 cm³/mol. The fraction of sp³-hybridized carbons (Fsp3) is 0.0588. The van der Waals surface area contributed by atoms with Gasteiger partial charge in [0.2, 0.25) is 0 Å². The highest BCUT2D eigenvalue weighted by Gasteiger charge is 2.07. The minimum atomic E-state index is -0.339. The fourth-order valence-corrected chi connectivity index (χ4v) is 2.25. The first-order valence-electron chi connectivity index (χ1n) is 6.89. The standard InChI is InChI=1S/C17H12ClF2N3/c18-15-9-16(21-10-12-3-1-2-4-14(12)20)23-17(22-15)11-5-7-13(19)8-6-11/h1-9H,10H2,(H,21,22,23). The molecule has 0 spiro atoms. The molecular formula is C17H12ClF2N3. The van der Waals surface area contributed by atoms with E-state index in [4.69, 9.17) is 11.6 Å². The summed E-state index contributed by atoms with van der Waals surface area (Å²) < 4.78 is 26.6. The van der Waals surface area contributed by atoms with Crippen molar-refractivity contribution in [2.45, 2.75) is 6.54 Å². The molecule has 0 atom stereocenters. The maximum atomic E-state index is 13.6. The van der Waals surface area contributed by atoms with Gasteiger partial charge in [0.1, 0.15) is 22.6 Å². The van der Waals surface area contributed by atoms with E-state index in [-0.39, 0.29) is 23.3 Å². The molecular weight excluding hydrogens is 320 g/mol. The smallest absolute Gasteiger partial charge is 0.163 e. The van der Waals surface area contributed by atoms with Crippen LogP contribution in [0, 0.1) is 11.6 Å². The van der Waals surface area contributed by atoms with E-state index in [1.165, 1.54) is 18.2 Å². The summed E-state index contributed by atoms with van der Waals surface area (Å²) >= 11 is 6.00. The second-order valence-corrected chi connectivity index (χ2v) is 5.24. The lowest BCUT2D eigenvalue weighted by molar-refractivity contribution is 0.613. The van der Waals surface area contributed by atoms with Crippen LogP contribution in [0.3, 0.4) is 0 Å². The van der Waals surface area contributed by atoms with Crippen LogP contribution >= 0.6 is 11.6 Å². The number of rotatable bonds is 4. The van der Waals surface area contributed by atoms with Gasteiger partial charge in [0.15, 0.2) is 5.82 Å². The highest BCUT2D eigenvalue weighted by Crippen LogP contribution is 2.21. The van der Waals surface area contributed by atoms with Gasteiger partial charge in [-0.1, -0.05) is 29.8 Å². The summed E-state index contributed by atoms with van der Waals surface area (Å²) in [5.41, 5.74) is 1.16. The van der Waals surface area contributed by atoms with Gasteiger partial charge in [0.05, 0.1) is 0 Å². The number of nitrogens with zero attached hydrogens (tertiary/aromatic N) is 2. The molecule has 0 unspecified atom stereocenters. The third kappa shape index (κ3) is 3.81. The summed E-state index contributed by atoms with van der Waals surface area (Å²) in [5, 5.41) is 3.26. The number of hydrogen-bond acceptors (Lipinski definition) is 3. The Morgan fingerprint density at radius 1 is 0.957 bits per heavy atom. The molecule has 0 aliphatic heterocycles. The lowest BCUT2D eigenvalue weighted by Gasteiger charge is -2.09. The minimum absolute atomic E-state index is 0.246. The third-order valence-electron chi connectivity index (χ3n) is 3.22. The Morgan fingerprint density at radius 3 is 2.43 bits per heavy atom. The van der Waals surface area contributed by atoms with Crippen molar-refractivity contribution < 1.29 is 8.78 Å². The molecule has 0 fully saturated rings. The van der Waals surface area contributed by atoms with Crippen molar-refractivity contribution in [3.8, 4) is 11.4 Å². The average Bonchev–Trinajstić information content (AvgIpc) is 2.54. The zero-order valence-electron chi connectivity index (χ0n) is 11.9. The number of halogens is 3. The molecule has 0 bridgehead atoms. The highest BCUT2D eigenvalue weighted by atomic mass is 35.5. The number of nitrogens with one attached hydrogen (secondary N) is 1. The van der Waals surface area contributed by atoms with Crippen LogP contribution in [0.1, 0.15) is 5.56 Å². The topological polar surface area (TPSA) is 37.8 Å². The van der Waals surface area contributed by atoms with Crippen LogP contribution in [0.2, 0.25) is 5.15 Å². The van der Waals surface area contributed by atoms with Crippen molar-refractivity contribution in [2.24, 2.45) is 0 Å². The lowest BCUT2D eigenvalue weighted by atomic mass is 10.2. The minimum Gasteiger partial charge on any atom is -0.366 e. The van der Waals surface area contributed by atoms with Gasteiger partial charge in [-0.2, -0.15) is 0 Å². The van der Waals surface area contributed by atoms with Gasteiger partial charge in [-0.05, 0) is 30.3 Å². The fourth-order valence-electron chi connectivity index (χ4n) is 2.06. The maximum absolute atomic E-state index is 13.6. The Morgan fingerprint density at radius 2 is 1.70 bits per heavy atom. The molecule has 1 N–H and O–H groups in total. The van der Waals surface area contributed by atoms with Crippen molar-refractivity contribution in [3.63, 3.8) is 0 Å². The third-order valence-corrected chi connectivity index (χ3v) is 3.41. The van der Waals surface area contributed by atoms with Gasteiger partial charge in [0, 0.05) is 23.7 Å². The van der Waals surface area contributed by atoms with Crippen LogP contribution < -0.4 is 5.32 Å². The number of anilines is 1. The van der Waals surface area contributed by atoms with Crippen LogP contribution in [0.15, 0.2) is 54.6 Å². The van der Waals surface area contributed by atoms with Crippen LogP contribution in [0.4, 0.5) is 14.6 Å². The van der Waals surface area contributed by atoms with E-state index in [2.05, 4.69) is 15.3 Å². The van der Waals surface area contributed by atoms with Crippen LogP contribution in [0.5, 0.6) is 0 Å². The molecule has 0 saturated heterocycles. The first-order chi connectivity index (χ1) is 11.1. The van der Waals surface area contributed by atoms with E-state index in [0.717, 1.165) is 0 Å². The zero-order valence-corrected chi connectivity index (χ0v) is 12.7. The second-order valence-electron chi connectivity index (χ2n) is 4.85. The Bertz CT molecular complexity index is 822. The largest absolute Gasteiger partial charge is 0.366 e. The molecule has 116 valence electrons. The normalized spacial score (nSPS) is 10.6. The number of benzene rings is 2. The van der Waals surface area contributed by atoms with E-state index < -0.39 is 0 Å². The van der Waals surface area contributed by atoms with Gasteiger partial charge in [-0.3, -0.25) is 0 Å². The summed E-state index contributed by atoms with van der Waals surface area (Å²) in [6.45, 7) is 0.267. The number of hydrogen-bond donors (Lipinski definition) is 1. The van der Waals surface area contributed by atoms with Gasteiger partial charge in [-0.15, -0.1) is 0 Å². The van der Waals surface area contributed by atoms with Crippen LogP contribution in [-0.2, 0) is 6.54 Å². The van der Waals surface area contributed by atoms with Crippen molar-refractivity contribution >= 4 is 17.4 Å². The van der Waals surface area contributed by atoms with Crippen molar-refractivity contribution in [1.82, 2.24) is 9.97 Å². The quantitative estimate of drug-likeness (QED) is 0.705. The summed E-state index contributed by atoms with van der Waals surface area (Å²) in [6, 6.07) is 13.8. The highest BCUT2D eigenvalue weighted by molar-refractivity contribution is 6.29. The molecule has 0 radical (unpaired) electrons. The van der Waals surface area contributed by atoms with Gasteiger partial charge in [-0.25, -0.2) is 18.7 Å². The molecule has 6 heteroatoms. The summed E-state index contributed by atoms with van der Waals surface area (Å²) in [4.78, 5) is 8.45. The van der Waals surface area contributed by atoms with Gasteiger partial charge < -0.3 is 5.32 Å². The van der Waals surface area contributed by atoms with E-state index >= 15 is 0 Å². The van der Waals surface area contributed by atoms with Crippen molar-refractivity contribution in [2.75, 3.05) is 5.32 Å². The summed E-state index contributed by atoms with van der Waals surface area (Å²) in [6.07, 6.45) is 0. The number of aromatic nitrogens is 2. The average molecular weight is 332 g/mol. The Labute approximate surface area is 137 Å². The first-order valence-corrected chi connectivity index (χ1v) is 7.27. The molecule has 1 aromatic heterocycles. The monoisotopic (exact) mass is 331 g/mol. The maximum Gasteiger partial charge on any atom is 0.163 e. The molecule has 1 heterocycles. The Hall–Kier alpha value is -2.53. The molecule has 23 heavy (non-hydrogen) atoms. The molecule has 3 nitrogen and oxygen atoms in total. The molecule has 0 aliphatic carbocycles. The molecule has 0 amide bonds. The molecule has 2 aromatic carbocycles. The SMILES string of the molecule is Fc1ccc(-c2nc(Cl)cc(NCc3ccccc3F)n2)cc1. The molecule has 3 rings (SSSR count). The molecule has 3 aromatic rings. The van der Waals surface area contributed by atoms with E-state index in [1.54, 1.807) is 36.4 Å². The second kappa shape index (κ2) is 6.71. The molecule has 0 aliphatic rings. The van der Waals surface area contributed by atoms with E-state index in [1.807, 2.05) is 0 Å².